The summed E-state index contributed by atoms with van der Waals surface area (Å²) in [5, 5.41) is 12.4. The normalized spacial score (nSPS) is 40.2. The van der Waals surface area contributed by atoms with E-state index in [4.69, 9.17) is 5.84 Å². The van der Waals surface area contributed by atoms with Gasteiger partial charge in [-0.25, -0.2) is 0 Å². The molecule has 0 aliphatic heterocycles. The van der Waals surface area contributed by atoms with Gasteiger partial charge in [0.25, 0.3) is 0 Å². The first-order valence-electron chi connectivity index (χ1n) is 7.92. The Hall–Kier alpha value is -1.01. The zero-order chi connectivity index (χ0) is 13.7. The standard InChI is InChI=1S/C14H24N6/c1-20-18-13(17-19-20)7-12(16-15)14-10-3-8-2-9(5-10)6-11(14)4-8/h8-12,14,16H,2-7,15H2,1H3. The monoisotopic (exact) mass is 276 g/mol. The van der Waals surface area contributed by atoms with E-state index in [1.807, 2.05) is 7.05 Å². The van der Waals surface area contributed by atoms with Crippen LogP contribution in [0.15, 0.2) is 0 Å². The Labute approximate surface area is 119 Å². The maximum atomic E-state index is 5.87. The van der Waals surface area contributed by atoms with E-state index in [2.05, 4.69) is 20.8 Å². The van der Waals surface area contributed by atoms with Crippen molar-refractivity contribution in [2.24, 2.45) is 42.5 Å². The highest BCUT2D eigenvalue weighted by atomic mass is 15.6. The number of aryl methyl sites for hydroxylation is 1. The minimum atomic E-state index is 0.300. The number of tetrazole rings is 1. The Bertz CT molecular complexity index is 456. The Balaban J connectivity index is 1.52. The van der Waals surface area contributed by atoms with Gasteiger partial charge in [0.15, 0.2) is 5.82 Å². The number of nitrogens with two attached hydrogens (primary N) is 1. The topological polar surface area (TPSA) is 81.7 Å². The molecule has 1 aromatic rings. The van der Waals surface area contributed by atoms with Gasteiger partial charge < -0.3 is 0 Å². The molecule has 4 aliphatic carbocycles. The van der Waals surface area contributed by atoms with Crippen molar-refractivity contribution in [1.82, 2.24) is 25.6 Å². The summed E-state index contributed by atoms with van der Waals surface area (Å²) in [5.74, 6) is 11.1. The third-order valence-electron chi connectivity index (χ3n) is 5.93. The zero-order valence-corrected chi connectivity index (χ0v) is 12.1. The van der Waals surface area contributed by atoms with Gasteiger partial charge in [0.1, 0.15) is 0 Å². The van der Waals surface area contributed by atoms with E-state index in [1.54, 1.807) is 0 Å². The van der Waals surface area contributed by atoms with Gasteiger partial charge in [-0.3, -0.25) is 11.3 Å². The van der Waals surface area contributed by atoms with Gasteiger partial charge in [0, 0.05) is 12.5 Å². The largest absolute Gasteiger partial charge is 0.271 e. The molecule has 1 aromatic heterocycles. The summed E-state index contributed by atoms with van der Waals surface area (Å²) >= 11 is 0. The fourth-order valence-corrected chi connectivity index (χ4v) is 5.53. The minimum Gasteiger partial charge on any atom is -0.271 e. The van der Waals surface area contributed by atoms with E-state index in [0.29, 0.717) is 12.0 Å². The van der Waals surface area contributed by atoms with E-state index >= 15 is 0 Å². The Morgan fingerprint density at radius 2 is 1.85 bits per heavy atom. The van der Waals surface area contributed by atoms with Crippen LogP contribution >= 0.6 is 0 Å². The number of hydrogen-bond acceptors (Lipinski definition) is 5. The molecule has 1 atom stereocenters. The molecule has 1 unspecified atom stereocenters. The van der Waals surface area contributed by atoms with Crippen molar-refractivity contribution in [3.63, 3.8) is 0 Å². The van der Waals surface area contributed by atoms with Crippen LogP contribution in [0, 0.1) is 29.6 Å². The lowest BCUT2D eigenvalue weighted by Crippen LogP contribution is -2.55. The molecule has 4 aliphatic rings. The molecular formula is C14H24N6. The predicted molar refractivity (Wildman–Crippen MR) is 74.1 cm³/mol. The van der Waals surface area contributed by atoms with Crippen LogP contribution in [0.25, 0.3) is 0 Å². The third kappa shape index (κ3) is 2.05. The average molecular weight is 276 g/mol. The molecule has 0 aromatic carbocycles. The van der Waals surface area contributed by atoms with Crippen LogP contribution in [0.5, 0.6) is 0 Å². The van der Waals surface area contributed by atoms with Crippen molar-refractivity contribution in [2.45, 2.75) is 44.6 Å². The first kappa shape index (κ1) is 12.7. The summed E-state index contributed by atoms with van der Waals surface area (Å²) in [5.41, 5.74) is 3.07. The van der Waals surface area contributed by atoms with Crippen LogP contribution in [0.1, 0.15) is 37.9 Å². The second-order valence-corrected chi connectivity index (χ2v) is 7.18. The van der Waals surface area contributed by atoms with Crippen molar-refractivity contribution in [2.75, 3.05) is 0 Å². The number of aromatic nitrogens is 4. The van der Waals surface area contributed by atoms with E-state index in [-0.39, 0.29) is 0 Å². The average Bonchev–Trinajstić information content (AvgIpc) is 2.81. The number of rotatable bonds is 4. The van der Waals surface area contributed by atoms with Crippen LogP contribution in [0.2, 0.25) is 0 Å². The van der Waals surface area contributed by atoms with Crippen LogP contribution < -0.4 is 11.3 Å². The van der Waals surface area contributed by atoms with E-state index in [9.17, 15) is 0 Å². The van der Waals surface area contributed by atoms with Gasteiger partial charge in [-0.1, -0.05) is 0 Å². The number of hydrazine groups is 1. The van der Waals surface area contributed by atoms with Gasteiger partial charge in [0.2, 0.25) is 0 Å². The first-order valence-corrected chi connectivity index (χ1v) is 7.92. The molecule has 0 amide bonds. The highest BCUT2D eigenvalue weighted by Gasteiger charge is 2.50. The SMILES string of the molecule is Cn1nnc(CC(NN)C2C3CC4CC(C3)CC2C4)n1. The lowest BCUT2D eigenvalue weighted by molar-refractivity contribution is -0.0520. The van der Waals surface area contributed by atoms with Crippen molar-refractivity contribution in [1.29, 1.82) is 0 Å². The summed E-state index contributed by atoms with van der Waals surface area (Å²) in [6.07, 6.45) is 7.98. The van der Waals surface area contributed by atoms with Crippen molar-refractivity contribution in [3.05, 3.63) is 5.82 Å². The molecular weight excluding hydrogens is 252 g/mol. The molecule has 110 valence electrons. The molecule has 6 nitrogen and oxygen atoms in total. The highest BCUT2D eigenvalue weighted by Crippen LogP contribution is 2.57. The maximum Gasteiger partial charge on any atom is 0.176 e. The number of nitrogens with one attached hydrogen (secondary N) is 1. The molecule has 4 saturated carbocycles. The zero-order valence-electron chi connectivity index (χ0n) is 12.1. The van der Waals surface area contributed by atoms with E-state index in [1.165, 1.54) is 36.9 Å². The number of hydrogen-bond donors (Lipinski definition) is 2. The fraction of sp³-hybridized carbons (Fsp3) is 0.929. The molecule has 4 bridgehead atoms. The van der Waals surface area contributed by atoms with Crippen LogP contribution in [-0.2, 0) is 13.5 Å². The summed E-state index contributed by atoms with van der Waals surface area (Å²) in [6, 6.07) is 0.300. The van der Waals surface area contributed by atoms with Gasteiger partial charge in [-0.15, -0.1) is 10.2 Å². The maximum absolute atomic E-state index is 5.87. The Morgan fingerprint density at radius 3 is 2.35 bits per heavy atom. The predicted octanol–water partition coefficient (Wildman–Crippen LogP) is 0.657. The minimum absolute atomic E-state index is 0.300. The molecule has 5 rings (SSSR count). The fourth-order valence-electron chi connectivity index (χ4n) is 5.53. The van der Waals surface area contributed by atoms with Crippen LogP contribution in [0.3, 0.4) is 0 Å². The van der Waals surface area contributed by atoms with E-state index < -0.39 is 0 Å². The summed E-state index contributed by atoms with van der Waals surface area (Å²) in [7, 11) is 1.81. The van der Waals surface area contributed by atoms with Crippen molar-refractivity contribution >= 4 is 0 Å². The van der Waals surface area contributed by atoms with Gasteiger partial charge in [0.05, 0.1) is 7.05 Å². The number of nitrogens with zero attached hydrogens (tertiary/aromatic N) is 4. The third-order valence-corrected chi connectivity index (χ3v) is 5.93. The second-order valence-electron chi connectivity index (χ2n) is 7.18. The molecule has 6 heteroatoms. The molecule has 3 N–H and O–H groups in total. The molecule has 20 heavy (non-hydrogen) atoms. The molecule has 0 radical (unpaired) electrons. The Kier molecular flexibility index (Phi) is 3.03. The van der Waals surface area contributed by atoms with Gasteiger partial charge >= 0.3 is 0 Å². The van der Waals surface area contributed by atoms with Gasteiger partial charge in [-0.05, 0) is 66.9 Å². The van der Waals surface area contributed by atoms with Crippen LogP contribution in [0.4, 0.5) is 0 Å². The Morgan fingerprint density at radius 1 is 1.20 bits per heavy atom. The molecule has 0 saturated heterocycles. The molecule has 4 fully saturated rings. The summed E-state index contributed by atoms with van der Waals surface area (Å²) in [6.45, 7) is 0. The van der Waals surface area contributed by atoms with Crippen molar-refractivity contribution < 1.29 is 0 Å². The second kappa shape index (κ2) is 4.77. The first-order chi connectivity index (χ1) is 9.72. The lowest BCUT2D eigenvalue weighted by Gasteiger charge is -2.56. The molecule has 1 heterocycles. The van der Waals surface area contributed by atoms with Crippen LogP contribution in [-0.4, -0.2) is 26.2 Å². The van der Waals surface area contributed by atoms with Gasteiger partial charge in [-0.2, -0.15) is 4.80 Å². The quantitative estimate of drug-likeness (QED) is 0.623. The van der Waals surface area contributed by atoms with E-state index in [0.717, 1.165) is 35.9 Å². The lowest BCUT2D eigenvalue weighted by atomic mass is 9.50. The highest BCUT2D eigenvalue weighted by molar-refractivity contribution is 5.03. The smallest absolute Gasteiger partial charge is 0.176 e. The van der Waals surface area contributed by atoms with Crippen molar-refractivity contribution in [3.8, 4) is 0 Å². The summed E-state index contributed by atoms with van der Waals surface area (Å²) in [4.78, 5) is 1.53. The molecule has 0 spiro atoms. The summed E-state index contributed by atoms with van der Waals surface area (Å²) < 4.78 is 0.